The molecule has 0 aliphatic heterocycles. The molecule has 1 amide bonds. The summed E-state index contributed by atoms with van der Waals surface area (Å²) in [4.78, 5) is 20.2. The molecule has 1 aromatic heterocycles. The maximum atomic E-state index is 12.3. The number of hydrogen-bond donors (Lipinski definition) is 2. The lowest BCUT2D eigenvalue weighted by Crippen LogP contribution is -2.36. The van der Waals surface area contributed by atoms with Gasteiger partial charge in [-0.25, -0.2) is 9.78 Å². The van der Waals surface area contributed by atoms with Crippen molar-refractivity contribution in [1.29, 1.82) is 0 Å². The number of fused-ring (bicyclic) bond motifs is 1. The van der Waals surface area contributed by atoms with Crippen molar-refractivity contribution in [3.8, 4) is 0 Å². The Kier molecular flexibility index (Phi) is 5.18. The van der Waals surface area contributed by atoms with Crippen LogP contribution in [-0.4, -0.2) is 21.7 Å². The Morgan fingerprint density at radius 3 is 2.54 bits per heavy atom. The van der Waals surface area contributed by atoms with E-state index in [1.54, 1.807) is 0 Å². The molecule has 0 aliphatic rings. The Morgan fingerprint density at radius 1 is 1.19 bits per heavy atom. The average Bonchev–Trinajstić information content (AvgIpc) is 2.98. The third-order valence-electron chi connectivity index (χ3n) is 3.78. The molecule has 0 saturated heterocycles. The molecule has 136 valence electrons. The van der Waals surface area contributed by atoms with Crippen LogP contribution in [0, 0.1) is 0 Å². The van der Waals surface area contributed by atoms with Crippen LogP contribution in [0.2, 0.25) is 5.02 Å². The quantitative estimate of drug-likeness (QED) is 0.676. The van der Waals surface area contributed by atoms with Gasteiger partial charge in [0.15, 0.2) is 0 Å². The molecule has 0 bridgehead atoms. The fourth-order valence-corrected chi connectivity index (χ4v) is 2.79. The van der Waals surface area contributed by atoms with Crippen LogP contribution in [-0.2, 0) is 11.2 Å². The van der Waals surface area contributed by atoms with Crippen molar-refractivity contribution in [1.82, 2.24) is 15.3 Å². The molecule has 0 saturated carbocycles. The lowest BCUT2D eigenvalue weighted by atomic mass is 10.1. The van der Waals surface area contributed by atoms with Crippen molar-refractivity contribution in [3.05, 3.63) is 64.9 Å². The van der Waals surface area contributed by atoms with Crippen molar-refractivity contribution in [3.63, 3.8) is 0 Å². The van der Waals surface area contributed by atoms with Gasteiger partial charge in [-0.2, -0.15) is 0 Å². The second-order valence-corrected chi connectivity index (χ2v) is 7.61. The molecular weight excluding hydrogens is 350 g/mol. The second kappa shape index (κ2) is 7.38. The summed E-state index contributed by atoms with van der Waals surface area (Å²) in [6.45, 7) is 5.51. The number of amides is 1. The Bertz CT molecular complexity index is 864. The minimum atomic E-state index is -0.567. The third kappa shape index (κ3) is 4.76. The first-order valence-electron chi connectivity index (χ1n) is 8.49. The highest BCUT2D eigenvalue weighted by molar-refractivity contribution is 6.30. The number of benzene rings is 2. The van der Waals surface area contributed by atoms with Crippen molar-refractivity contribution < 1.29 is 9.53 Å². The van der Waals surface area contributed by atoms with E-state index in [0.717, 1.165) is 16.6 Å². The molecule has 0 unspecified atom stereocenters. The molecule has 0 radical (unpaired) electrons. The molecule has 3 rings (SSSR count). The molecule has 1 heterocycles. The van der Waals surface area contributed by atoms with E-state index in [9.17, 15) is 4.79 Å². The van der Waals surface area contributed by atoms with E-state index in [1.807, 2.05) is 69.3 Å². The van der Waals surface area contributed by atoms with Gasteiger partial charge >= 0.3 is 6.09 Å². The van der Waals surface area contributed by atoms with Crippen LogP contribution in [0.3, 0.4) is 0 Å². The third-order valence-corrected chi connectivity index (χ3v) is 4.03. The minimum Gasteiger partial charge on any atom is -0.444 e. The molecule has 1 atom stereocenters. The maximum Gasteiger partial charge on any atom is 0.408 e. The zero-order valence-electron chi connectivity index (χ0n) is 15.0. The predicted molar refractivity (Wildman–Crippen MR) is 103 cm³/mol. The number of carbonyl (C=O) groups excluding carboxylic acids is 1. The topological polar surface area (TPSA) is 67.0 Å². The van der Waals surface area contributed by atoms with E-state index in [0.29, 0.717) is 17.3 Å². The first kappa shape index (κ1) is 18.3. The summed E-state index contributed by atoms with van der Waals surface area (Å²) in [6.07, 6.45) is 0.0906. The number of para-hydroxylation sites is 2. The average molecular weight is 372 g/mol. The van der Waals surface area contributed by atoms with E-state index in [4.69, 9.17) is 16.3 Å². The smallest absolute Gasteiger partial charge is 0.408 e. The van der Waals surface area contributed by atoms with Gasteiger partial charge in [0.2, 0.25) is 0 Å². The van der Waals surface area contributed by atoms with Crippen molar-refractivity contribution in [2.45, 2.75) is 38.8 Å². The number of rotatable bonds is 4. The van der Waals surface area contributed by atoms with E-state index in [1.165, 1.54) is 0 Å². The van der Waals surface area contributed by atoms with Crippen LogP contribution in [0.4, 0.5) is 4.79 Å². The molecule has 2 N–H and O–H groups in total. The van der Waals surface area contributed by atoms with Gasteiger partial charge in [-0.05, 0) is 50.6 Å². The number of aromatic amines is 1. The van der Waals surface area contributed by atoms with Gasteiger partial charge < -0.3 is 15.0 Å². The number of nitrogens with one attached hydrogen (secondary N) is 2. The van der Waals surface area contributed by atoms with Crippen LogP contribution in [0.1, 0.15) is 38.2 Å². The Labute approximate surface area is 157 Å². The van der Waals surface area contributed by atoms with E-state index in [-0.39, 0.29) is 6.04 Å². The highest BCUT2D eigenvalue weighted by atomic mass is 35.5. The molecule has 0 spiro atoms. The SMILES string of the molecule is CC(C)(C)OC(=O)N[C@H](Cc1ccc(Cl)cc1)c1nc2ccccc2[nH]1. The second-order valence-electron chi connectivity index (χ2n) is 7.17. The Balaban J connectivity index is 1.87. The number of imidazole rings is 1. The fraction of sp³-hybridized carbons (Fsp3) is 0.300. The molecule has 6 heteroatoms. The first-order valence-corrected chi connectivity index (χ1v) is 8.86. The number of halogens is 1. The maximum absolute atomic E-state index is 12.3. The summed E-state index contributed by atoms with van der Waals surface area (Å²) in [5.41, 5.74) is 2.25. The lowest BCUT2D eigenvalue weighted by Gasteiger charge is -2.23. The van der Waals surface area contributed by atoms with Crippen LogP contribution < -0.4 is 5.32 Å². The molecule has 2 aromatic carbocycles. The van der Waals surface area contributed by atoms with Crippen LogP contribution in [0.25, 0.3) is 11.0 Å². The lowest BCUT2D eigenvalue weighted by molar-refractivity contribution is 0.0501. The van der Waals surface area contributed by atoms with E-state index < -0.39 is 11.7 Å². The number of hydrogen-bond acceptors (Lipinski definition) is 3. The Hall–Kier alpha value is -2.53. The monoisotopic (exact) mass is 371 g/mol. The number of aromatic nitrogens is 2. The zero-order chi connectivity index (χ0) is 18.7. The molecular formula is C20H22ClN3O2. The first-order chi connectivity index (χ1) is 12.3. The molecule has 26 heavy (non-hydrogen) atoms. The summed E-state index contributed by atoms with van der Waals surface area (Å²) in [7, 11) is 0. The molecule has 5 nitrogen and oxygen atoms in total. The molecule has 3 aromatic rings. The van der Waals surface area contributed by atoms with Crippen LogP contribution >= 0.6 is 11.6 Å². The van der Waals surface area contributed by atoms with Gasteiger partial charge in [-0.15, -0.1) is 0 Å². The summed E-state index contributed by atoms with van der Waals surface area (Å²) in [6, 6.07) is 15.0. The fourth-order valence-electron chi connectivity index (χ4n) is 2.66. The summed E-state index contributed by atoms with van der Waals surface area (Å²) in [5, 5.41) is 3.60. The highest BCUT2D eigenvalue weighted by Gasteiger charge is 2.23. The minimum absolute atomic E-state index is 0.349. The normalized spacial score (nSPS) is 12.8. The standard InChI is InChI=1S/C20H22ClN3O2/c1-20(2,3)26-19(25)24-17(12-13-8-10-14(21)11-9-13)18-22-15-6-4-5-7-16(15)23-18/h4-11,17H,12H2,1-3H3,(H,22,23)(H,24,25)/t17-/m1/s1. The molecule has 0 fully saturated rings. The summed E-state index contributed by atoms with van der Waals surface area (Å²) in [5.74, 6) is 0.687. The molecule has 0 aliphatic carbocycles. The van der Waals surface area contributed by atoms with E-state index in [2.05, 4.69) is 15.3 Å². The van der Waals surface area contributed by atoms with Gasteiger partial charge in [0.05, 0.1) is 17.1 Å². The number of ether oxygens (including phenoxy) is 1. The van der Waals surface area contributed by atoms with E-state index >= 15 is 0 Å². The number of alkyl carbamates (subject to hydrolysis) is 1. The van der Waals surface area contributed by atoms with Gasteiger partial charge in [0, 0.05) is 11.4 Å². The van der Waals surface area contributed by atoms with Gasteiger partial charge in [-0.3, -0.25) is 0 Å². The number of nitrogens with zero attached hydrogens (tertiary/aromatic N) is 1. The predicted octanol–water partition coefficient (Wildman–Crippen LogP) is 5.02. The van der Waals surface area contributed by atoms with Gasteiger partial charge in [-0.1, -0.05) is 35.9 Å². The number of H-pyrrole nitrogens is 1. The van der Waals surface area contributed by atoms with Crippen LogP contribution in [0.15, 0.2) is 48.5 Å². The van der Waals surface area contributed by atoms with Crippen molar-refractivity contribution >= 4 is 28.7 Å². The number of carbonyl (C=O) groups is 1. The van der Waals surface area contributed by atoms with Gasteiger partial charge in [0.25, 0.3) is 0 Å². The summed E-state index contributed by atoms with van der Waals surface area (Å²) < 4.78 is 5.41. The Morgan fingerprint density at radius 2 is 1.88 bits per heavy atom. The van der Waals surface area contributed by atoms with Crippen molar-refractivity contribution in [2.75, 3.05) is 0 Å². The van der Waals surface area contributed by atoms with Gasteiger partial charge in [0.1, 0.15) is 11.4 Å². The van der Waals surface area contributed by atoms with Crippen molar-refractivity contribution in [2.24, 2.45) is 0 Å². The largest absolute Gasteiger partial charge is 0.444 e. The van der Waals surface area contributed by atoms with Crippen LogP contribution in [0.5, 0.6) is 0 Å². The zero-order valence-corrected chi connectivity index (χ0v) is 15.8. The highest BCUT2D eigenvalue weighted by Crippen LogP contribution is 2.21. The summed E-state index contributed by atoms with van der Waals surface area (Å²) >= 11 is 5.97.